The van der Waals surface area contributed by atoms with E-state index < -0.39 is 11.9 Å². The number of carbonyl (C=O) groups excluding carboxylic acids is 3. The molecule has 0 bridgehead atoms. The third-order valence-corrected chi connectivity index (χ3v) is 4.94. The van der Waals surface area contributed by atoms with Gasteiger partial charge in [0.25, 0.3) is 5.91 Å². The Bertz CT molecular complexity index is 1010. The molecule has 0 aliphatic carbocycles. The second-order valence-corrected chi connectivity index (χ2v) is 7.88. The molecule has 2 N–H and O–H groups in total. The number of amides is 2. The van der Waals surface area contributed by atoms with Crippen LogP contribution in [0.4, 0.5) is 5.13 Å². The van der Waals surface area contributed by atoms with Crippen molar-refractivity contribution < 1.29 is 23.5 Å². The lowest BCUT2D eigenvalue weighted by Gasteiger charge is -2.19. The molecule has 0 saturated carbocycles. The van der Waals surface area contributed by atoms with Crippen LogP contribution in [-0.2, 0) is 20.7 Å². The van der Waals surface area contributed by atoms with Crippen LogP contribution in [0.1, 0.15) is 48.1 Å². The number of furan rings is 1. The summed E-state index contributed by atoms with van der Waals surface area (Å²) >= 11 is 1.21. The van der Waals surface area contributed by atoms with Gasteiger partial charge >= 0.3 is 5.97 Å². The van der Waals surface area contributed by atoms with Crippen LogP contribution in [0.5, 0.6) is 0 Å². The largest absolute Gasteiger partial charge is 0.463 e. The molecule has 3 rings (SSSR count). The monoisotopic (exact) mass is 441 g/mol. The molecule has 0 spiro atoms. The first kappa shape index (κ1) is 22.2. The second kappa shape index (κ2) is 10.5. The van der Waals surface area contributed by atoms with Crippen LogP contribution in [-0.4, -0.2) is 28.9 Å². The number of nitrogens with zero attached hydrogens (tertiary/aromatic N) is 1. The van der Waals surface area contributed by atoms with Gasteiger partial charge in [0.05, 0.1) is 36.9 Å². The molecular formula is C22H23N3O5S. The normalized spacial score (nSPS) is 11.7. The minimum Gasteiger partial charge on any atom is -0.463 e. The van der Waals surface area contributed by atoms with Crippen molar-refractivity contribution in [1.29, 1.82) is 0 Å². The fourth-order valence-electron chi connectivity index (χ4n) is 2.84. The summed E-state index contributed by atoms with van der Waals surface area (Å²) in [5.41, 5.74) is 1.31. The number of thiazole rings is 1. The summed E-state index contributed by atoms with van der Waals surface area (Å²) < 4.78 is 10.3. The molecule has 0 fully saturated rings. The van der Waals surface area contributed by atoms with Gasteiger partial charge in [-0.05, 0) is 31.5 Å². The van der Waals surface area contributed by atoms with E-state index in [4.69, 9.17) is 9.15 Å². The van der Waals surface area contributed by atoms with Crippen molar-refractivity contribution in [2.45, 2.75) is 38.8 Å². The van der Waals surface area contributed by atoms with E-state index in [1.54, 1.807) is 31.4 Å². The number of carbonyl (C=O) groups is 3. The molecule has 3 aromatic rings. The van der Waals surface area contributed by atoms with Crippen LogP contribution in [0.2, 0.25) is 0 Å². The predicted molar refractivity (Wildman–Crippen MR) is 116 cm³/mol. The van der Waals surface area contributed by atoms with Gasteiger partial charge in [-0.25, -0.2) is 4.98 Å². The fourth-order valence-corrected chi connectivity index (χ4v) is 3.54. The molecule has 2 amide bonds. The molecule has 2 aromatic heterocycles. The summed E-state index contributed by atoms with van der Waals surface area (Å²) in [7, 11) is 0. The smallest absolute Gasteiger partial charge is 0.308 e. The number of nitrogens with one attached hydrogen (secondary N) is 2. The molecule has 0 radical (unpaired) electrons. The van der Waals surface area contributed by atoms with Crippen molar-refractivity contribution in [3.63, 3.8) is 0 Å². The number of rotatable bonds is 9. The lowest BCUT2D eigenvalue weighted by atomic mass is 10.0. The molecule has 1 aromatic carbocycles. The Morgan fingerprint density at radius 2 is 1.90 bits per heavy atom. The molecule has 31 heavy (non-hydrogen) atoms. The Labute approximate surface area is 183 Å². The summed E-state index contributed by atoms with van der Waals surface area (Å²) in [6.45, 7) is 3.55. The highest BCUT2D eigenvalue weighted by Crippen LogP contribution is 2.20. The van der Waals surface area contributed by atoms with Gasteiger partial charge in [-0.1, -0.05) is 30.3 Å². The van der Waals surface area contributed by atoms with Gasteiger partial charge in [-0.3, -0.25) is 19.7 Å². The van der Waals surface area contributed by atoms with Crippen molar-refractivity contribution >= 4 is 34.3 Å². The number of hydrogen-bond acceptors (Lipinski definition) is 7. The van der Waals surface area contributed by atoms with Gasteiger partial charge in [0.15, 0.2) is 10.9 Å². The Morgan fingerprint density at radius 3 is 2.58 bits per heavy atom. The molecule has 1 unspecified atom stereocenters. The molecule has 0 aliphatic heterocycles. The zero-order valence-electron chi connectivity index (χ0n) is 17.2. The van der Waals surface area contributed by atoms with Crippen LogP contribution < -0.4 is 10.6 Å². The van der Waals surface area contributed by atoms with E-state index in [0.29, 0.717) is 10.8 Å². The zero-order valence-corrected chi connectivity index (χ0v) is 18.0. The van der Waals surface area contributed by atoms with Crippen LogP contribution in [0, 0.1) is 0 Å². The molecule has 2 heterocycles. The summed E-state index contributed by atoms with van der Waals surface area (Å²) in [5, 5.41) is 7.57. The zero-order chi connectivity index (χ0) is 22.2. The van der Waals surface area contributed by atoms with Crippen LogP contribution >= 0.6 is 11.3 Å². The maximum Gasteiger partial charge on any atom is 0.308 e. The summed E-state index contributed by atoms with van der Waals surface area (Å²) in [6, 6.07) is 11.9. The first-order valence-corrected chi connectivity index (χ1v) is 10.6. The van der Waals surface area contributed by atoms with E-state index in [1.807, 2.05) is 30.3 Å². The quantitative estimate of drug-likeness (QED) is 0.490. The molecule has 8 nitrogen and oxygen atoms in total. The first-order valence-electron chi connectivity index (χ1n) is 9.73. The van der Waals surface area contributed by atoms with Gasteiger partial charge < -0.3 is 14.5 Å². The maximum absolute atomic E-state index is 12.6. The molecule has 0 saturated heterocycles. The highest BCUT2D eigenvalue weighted by molar-refractivity contribution is 7.14. The van der Waals surface area contributed by atoms with Gasteiger partial charge in [-0.15, -0.1) is 11.3 Å². The van der Waals surface area contributed by atoms with Crippen molar-refractivity contribution in [1.82, 2.24) is 10.3 Å². The summed E-state index contributed by atoms with van der Waals surface area (Å²) in [5.74, 6) is -0.919. The van der Waals surface area contributed by atoms with E-state index in [9.17, 15) is 14.4 Å². The van der Waals surface area contributed by atoms with Crippen LogP contribution in [0.15, 0.2) is 58.5 Å². The van der Waals surface area contributed by atoms with Crippen molar-refractivity contribution in [2.24, 2.45) is 0 Å². The molecule has 1 atom stereocenters. The summed E-state index contributed by atoms with van der Waals surface area (Å²) in [4.78, 5) is 41.1. The van der Waals surface area contributed by atoms with Crippen LogP contribution in [0.3, 0.4) is 0 Å². The van der Waals surface area contributed by atoms with Gasteiger partial charge in [0.1, 0.15) is 0 Å². The van der Waals surface area contributed by atoms with Crippen molar-refractivity contribution in [3.8, 4) is 0 Å². The predicted octanol–water partition coefficient (Wildman–Crippen LogP) is 3.73. The number of hydrogen-bond donors (Lipinski definition) is 2. The molecule has 9 heteroatoms. The number of benzene rings is 1. The first-order chi connectivity index (χ1) is 14.9. The fraction of sp³-hybridized carbons (Fsp3) is 0.273. The van der Waals surface area contributed by atoms with Crippen molar-refractivity contribution in [2.75, 3.05) is 5.32 Å². The van der Waals surface area contributed by atoms with Crippen LogP contribution in [0.25, 0.3) is 0 Å². The van der Waals surface area contributed by atoms with Gasteiger partial charge in [0.2, 0.25) is 5.91 Å². The standard InChI is InChI=1S/C22H23N3O5S/c1-14(2)30-20(27)12-17(15-7-4-3-5-8-15)24-19(26)11-16-13-31-22(23-16)25-21(28)18-9-6-10-29-18/h3-10,13-14,17H,11-12H2,1-2H3,(H,24,26)(H,23,25,28). The Morgan fingerprint density at radius 1 is 1.13 bits per heavy atom. The highest BCUT2D eigenvalue weighted by atomic mass is 32.1. The lowest BCUT2D eigenvalue weighted by molar-refractivity contribution is -0.148. The molecular weight excluding hydrogens is 418 g/mol. The van der Waals surface area contributed by atoms with Crippen molar-refractivity contribution in [3.05, 3.63) is 71.1 Å². The van der Waals surface area contributed by atoms with E-state index in [-0.39, 0.29) is 36.6 Å². The topological polar surface area (TPSA) is 111 Å². The molecule has 0 aliphatic rings. The van der Waals surface area contributed by atoms with Gasteiger partial charge in [-0.2, -0.15) is 0 Å². The Hall–Kier alpha value is -3.46. The minimum absolute atomic E-state index is 0.00961. The maximum atomic E-state index is 12.6. The average Bonchev–Trinajstić information content (AvgIpc) is 3.40. The highest BCUT2D eigenvalue weighted by Gasteiger charge is 2.21. The summed E-state index contributed by atoms with van der Waals surface area (Å²) in [6.07, 6.45) is 1.21. The number of aromatic nitrogens is 1. The third kappa shape index (κ3) is 6.78. The van der Waals surface area contributed by atoms with E-state index in [2.05, 4.69) is 15.6 Å². The lowest BCUT2D eigenvalue weighted by Crippen LogP contribution is -2.32. The second-order valence-electron chi connectivity index (χ2n) is 7.03. The minimum atomic E-state index is -0.517. The van der Waals surface area contributed by atoms with E-state index in [1.165, 1.54) is 17.6 Å². The van der Waals surface area contributed by atoms with Gasteiger partial charge in [0, 0.05) is 5.38 Å². The number of esters is 1. The van der Waals surface area contributed by atoms with E-state index in [0.717, 1.165) is 5.56 Å². The Kier molecular flexibility index (Phi) is 7.55. The number of ether oxygens (including phenoxy) is 1. The SMILES string of the molecule is CC(C)OC(=O)CC(NC(=O)Cc1csc(NC(=O)c2ccco2)n1)c1ccccc1. The Balaban J connectivity index is 1.61. The van der Waals surface area contributed by atoms with E-state index >= 15 is 0 Å². The average molecular weight is 442 g/mol. The third-order valence-electron chi connectivity index (χ3n) is 4.13. The number of anilines is 1. The molecule has 162 valence electrons.